The minimum atomic E-state index is -0.386. The van der Waals surface area contributed by atoms with Crippen molar-refractivity contribution in [3.63, 3.8) is 0 Å². The van der Waals surface area contributed by atoms with Gasteiger partial charge in [-0.25, -0.2) is 4.79 Å². The van der Waals surface area contributed by atoms with Gasteiger partial charge in [0.05, 0.1) is 12.7 Å². The fourth-order valence-corrected chi connectivity index (χ4v) is 1.86. The van der Waals surface area contributed by atoms with E-state index in [0.29, 0.717) is 17.7 Å². The first-order valence-electron chi connectivity index (χ1n) is 5.74. The van der Waals surface area contributed by atoms with E-state index in [4.69, 9.17) is 4.74 Å². The van der Waals surface area contributed by atoms with Crippen LogP contribution in [0.1, 0.15) is 10.4 Å². The van der Waals surface area contributed by atoms with Gasteiger partial charge in [-0.1, -0.05) is 30.3 Å². The van der Waals surface area contributed by atoms with Crippen molar-refractivity contribution < 1.29 is 14.3 Å². The first-order chi connectivity index (χ1) is 9.26. The number of carbonyl (C=O) groups is 2. The van der Waals surface area contributed by atoms with Gasteiger partial charge in [0.1, 0.15) is 0 Å². The van der Waals surface area contributed by atoms with Gasteiger partial charge in [-0.2, -0.15) is 0 Å². The highest BCUT2D eigenvalue weighted by Gasteiger charge is 2.08. The number of benzene rings is 2. The number of esters is 1. The number of anilines is 1. The molecule has 0 bridgehead atoms. The zero-order valence-corrected chi connectivity index (χ0v) is 10.4. The van der Waals surface area contributed by atoms with Gasteiger partial charge in [-0.15, -0.1) is 0 Å². The third kappa shape index (κ3) is 2.80. The van der Waals surface area contributed by atoms with E-state index in [1.807, 2.05) is 24.3 Å². The van der Waals surface area contributed by atoms with Crippen LogP contribution < -0.4 is 5.32 Å². The Balaban J connectivity index is 2.47. The van der Waals surface area contributed by atoms with Gasteiger partial charge in [-0.3, -0.25) is 4.79 Å². The van der Waals surface area contributed by atoms with Crippen molar-refractivity contribution >= 4 is 18.1 Å². The first kappa shape index (κ1) is 12.8. The average Bonchev–Trinajstić information content (AvgIpc) is 2.47. The molecule has 96 valence electrons. The summed E-state index contributed by atoms with van der Waals surface area (Å²) in [6.07, 6.45) is 0.628. The fourth-order valence-electron chi connectivity index (χ4n) is 1.86. The summed E-state index contributed by atoms with van der Waals surface area (Å²) in [4.78, 5) is 22.1. The highest BCUT2D eigenvalue weighted by Crippen LogP contribution is 2.28. The molecule has 0 unspecified atom stereocenters. The van der Waals surface area contributed by atoms with E-state index in [0.717, 1.165) is 11.1 Å². The van der Waals surface area contributed by atoms with E-state index >= 15 is 0 Å². The molecule has 2 aromatic carbocycles. The molecule has 1 amide bonds. The van der Waals surface area contributed by atoms with E-state index < -0.39 is 0 Å². The molecule has 0 aliphatic carbocycles. The number of hydrogen-bond donors (Lipinski definition) is 1. The minimum Gasteiger partial charge on any atom is -0.465 e. The van der Waals surface area contributed by atoms with E-state index in [2.05, 4.69) is 5.32 Å². The molecule has 0 atom stereocenters. The fraction of sp³-hybridized carbons (Fsp3) is 0.0667. The smallest absolute Gasteiger partial charge is 0.337 e. The lowest BCUT2D eigenvalue weighted by molar-refractivity contribution is -0.105. The molecule has 0 spiro atoms. The molecule has 0 radical (unpaired) electrons. The predicted molar refractivity (Wildman–Crippen MR) is 72.9 cm³/mol. The summed E-state index contributed by atoms with van der Waals surface area (Å²) >= 11 is 0. The predicted octanol–water partition coefficient (Wildman–Crippen LogP) is 2.71. The van der Waals surface area contributed by atoms with Crippen LogP contribution >= 0.6 is 0 Å². The number of para-hydroxylation sites is 1. The number of carbonyl (C=O) groups excluding carboxylic acids is 2. The van der Waals surface area contributed by atoms with Crippen molar-refractivity contribution in [2.24, 2.45) is 0 Å². The third-order valence-corrected chi connectivity index (χ3v) is 2.74. The largest absolute Gasteiger partial charge is 0.465 e. The van der Waals surface area contributed by atoms with Gasteiger partial charge >= 0.3 is 5.97 Å². The van der Waals surface area contributed by atoms with Gasteiger partial charge in [0.2, 0.25) is 6.41 Å². The van der Waals surface area contributed by atoms with E-state index in [9.17, 15) is 9.59 Å². The number of rotatable bonds is 4. The summed E-state index contributed by atoms with van der Waals surface area (Å²) in [5, 5.41) is 2.64. The van der Waals surface area contributed by atoms with Gasteiger partial charge in [0.15, 0.2) is 0 Å². The maximum Gasteiger partial charge on any atom is 0.337 e. The Kier molecular flexibility index (Phi) is 3.93. The van der Waals surface area contributed by atoms with Crippen LogP contribution in [0.5, 0.6) is 0 Å². The van der Waals surface area contributed by atoms with Crippen LogP contribution in [0.2, 0.25) is 0 Å². The Labute approximate surface area is 111 Å². The monoisotopic (exact) mass is 255 g/mol. The van der Waals surface area contributed by atoms with Crippen LogP contribution in [0.15, 0.2) is 48.5 Å². The Morgan fingerprint density at radius 2 is 1.95 bits per heavy atom. The molecular formula is C15H13NO3. The molecule has 0 heterocycles. The number of hydrogen-bond acceptors (Lipinski definition) is 3. The number of ether oxygens (including phenoxy) is 1. The van der Waals surface area contributed by atoms with Crippen molar-refractivity contribution in [1.82, 2.24) is 0 Å². The molecule has 1 N–H and O–H groups in total. The Hall–Kier alpha value is -2.62. The second-order valence-corrected chi connectivity index (χ2v) is 3.88. The Bertz CT molecular complexity index is 608. The zero-order chi connectivity index (χ0) is 13.7. The second kappa shape index (κ2) is 5.82. The normalized spacial score (nSPS) is 9.74. The molecule has 19 heavy (non-hydrogen) atoms. The average molecular weight is 255 g/mol. The number of amides is 1. The summed E-state index contributed by atoms with van der Waals surface area (Å²) in [6.45, 7) is 0. The van der Waals surface area contributed by atoms with Gasteiger partial charge in [0.25, 0.3) is 0 Å². The standard InChI is InChI=1S/C15H13NO3/c1-19-15(18)12-6-4-5-11(9-12)13-7-2-3-8-14(13)16-10-17/h2-10H,1H3,(H,16,17). The Morgan fingerprint density at radius 1 is 1.16 bits per heavy atom. The molecule has 0 saturated carbocycles. The van der Waals surface area contributed by atoms with Crippen molar-refractivity contribution in [2.75, 3.05) is 12.4 Å². The Morgan fingerprint density at radius 3 is 2.68 bits per heavy atom. The van der Waals surface area contributed by atoms with E-state index in [-0.39, 0.29) is 5.97 Å². The van der Waals surface area contributed by atoms with Crippen molar-refractivity contribution in [1.29, 1.82) is 0 Å². The number of nitrogens with one attached hydrogen (secondary N) is 1. The lowest BCUT2D eigenvalue weighted by atomic mass is 10.0. The summed E-state index contributed by atoms with van der Waals surface area (Å²) in [5.74, 6) is -0.386. The molecule has 0 fully saturated rings. The molecule has 2 aromatic rings. The molecule has 0 aliphatic heterocycles. The van der Waals surface area contributed by atoms with E-state index in [1.54, 1.807) is 24.3 Å². The molecule has 0 aliphatic rings. The van der Waals surface area contributed by atoms with Crippen LogP contribution in [-0.2, 0) is 9.53 Å². The van der Waals surface area contributed by atoms with Crippen molar-refractivity contribution in [2.45, 2.75) is 0 Å². The van der Waals surface area contributed by atoms with Crippen LogP contribution in [0, 0.1) is 0 Å². The molecule has 4 heteroatoms. The van der Waals surface area contributed by atoms with Crippen molar-refractivity contribution in [3.05, 3.63) is 54.1 Å². The summed E-state index contributed by atoms with van der Waals surface area (Å²) in [7, 11) is 1.34. The van der Waals surface area contributed by atoms with Gasteiger partial charge in [0, 0.05) is 11.3 Å². The quantitative estimate of drug-likeness (QED) is 0.675. The third-order valence-electron chi connectivity index (χ3n) is 2.74. The number of methoxy groups -OCH3 is 1. The van der Waals surface area contributed by atoms with Crippen LogP contribution in [0.25, 0.3) is 11.1 Å². The summed E-state index contributed by atoms with van der Waals surface area (Å²) in [6, 6.07) is 14.5. The van der Waals surface area contributed by atoms with E-state index in [1.165, 1.54) is 7.11 Å². The molecule has 0 saturated heterocycles. The topological polar surface area (TPSA) is 55.4 Å². The summed E-state index contributed by atoms with van der Waals surface area (Å²) in [5.41, 5.74) is 2.86. The van der Waals surface area contributed by atoms with Crippen LogP contribution in [0.3, 0.4) is 0 Å². The molecule has 4 nitrogen and oxygen atoms in total. The highest BCUT2D eigenvalue weighted by atomic mass is 16.5. The second-order valence-electron chi connectivity index (χ2n) is 3.88. The lowest BCUT2D eigenvalue weighted by Crippen LogP contribution is -2.01. The zero-order valence-electron chi connectivity index (χ0n) is 10.4. The molecule has 0 aromatic heterocycles. The van der Waals surface area contributed by atoms with Crippen LogP contribution in [0.4, 0.5) is 5.69 Å². The van der Waals surface area contributed by atoms with Crippen molar-refractivity contribution in [3.8, 4) is 11.1 Å². The minimum absolute atomic E-state index is 0.386. The lowest BCUT2D eigenvalue weighted by Gasteiger charge is -2.09. The molecule has 2 rings (SSSR count). The SMILES string of the molecule is COC(=O)c1cccc(-c2ccccc2NC=O)c1. The van der Waals surface area contributed by atoms with Gasteiger partial charge in [-0.05, 0) is 23.8 Å². The summed E-state index contributed by atoms with van der Waals surface area (Å²) < 4.78 is 4.69. The van der Waals surface area contributed by atoms with Crippen LogP contribution in [-0.4, -0.2) is 19.5 Å². The highest BCUT2D eigenvalue weighted by molar-refractivity contribution is 5.92. The maximum absolute atomic E-state index is 11.5. The first-order valence-corrected chi connectivity index (χ1v) is 5.74. The molecular weight excluding hydrogens is 242 g/mol. The maximum atomic E-state index is 11.5. The van der Waals surface area contributed by atoms with Gasteiger partial charge < -0.3 is 10.1 Å².